The van der Waals surface area contributed by atoms with E-state index in [1.165, 1.54) is 6.08 Å². The summed E-state index contributed by atoms with van der Waals surface area (Å²) >= 11 is 0. The Labute approximate surface area is 90.3 Å². The molecule has 0 aliphatic carbocycles. The Kier molecular flexibility index (Phi) is 5.89. The Morgan fingerprint density at radius 2 is 1.44 bits per heavy atom. The third-order valence-electron chi connectivity index (χ3n) is 2.05. The van der Waals surface area contributed by atoms with Gasteiger partial charge < -0.3 is 0 Å². The average molecular weight is 248 g/mol. The fourth-order valence-corrected chi connectivity index (χ4v) is 1.12. The van der Waals surface area contributed by atoms with Crippen LogP contribution in [0, 0.1) is 5.92 Å². The summed E-state index contributed by atoms with van der Waals surface area (Å²) in [5.74, 6) is -3.25. The molecule has 0 amide bonds. The standard InChI is InChI=1S/C10H14F6/c1-2-3-4-5-6-7-8(9(11,12)13)10(14,15)16/h5-6,8H,2-4,7H2,1H3. The Hall–Kier alpha value is -0.680. The van der Waals surface area contributed by atoms with Crippen molar-refractivity contribution in [2.45, 2.75) is 45.0 Å². The summed E-state index contributed by atoms with van der Waals surface area (Å²) in [6, 6.07) is 0. The van der Waals surface area contributed by atoms with Gasteiger partial charge in [-0.1, -0.05) is 31.9 Å². The molecule has 96 valence electrons. The second kappa shape index (κ2) is 6.15. The number of halogens is 6. The van der Waals surface area contributed by atoms with Gasteiger partial charge >= 0.3 is 12.4 Å². The SMILES string of the molecule is CCCCC=CCC(C(F)(F)F)C(F)(F)F. The zero-order valence-electron chi connectivity index (χ0n) is 8.83. The van der Waals surface area contributed by atoms with Gasteiger partial charge in [0.2, 0.25) is 0 Å². The fraction of sp³-hybridized carbons (Fsp3) is 0.800. The molecule has 0 bridgehead atoms. The molecule has 6 heteroatoms. The van der Waals surface area contributed by atoms with Crippen molar-refractivity contribution in [1.82, 2.24) is 0 Å². The molecule has 0 saturated heterocycles. The molecule has 0 aromatic rings. The molecule has 0 radical (unpaired) electrons. The van der Waals surface area contributed by atoms with Crippen LogP contribution in [-0.4, -0.2) is 12.4 Å². The quantitative estimate of drug-likeness (QED) is 0.370. The maximum Gasteiger partial charge on any atom is 0.400 e. The van der Waals surface area contributed by atoms with Crippen molar-refractivity contribution in [1.29, 1.82) is 0 Å². The van der Waals surface area contributed by atoms with E-state index >= 15 is 0 Å². The van der Waals surface area contributed by atoms with Gasteiger partial charge in [-0.05, 0) is 12.8 Å². The summed E-state index contributed by atoms with van der Waals surface area (Å²) in [6.45, 7) is 1.89. The summed E-state index contributed by atoms with van der Waals surface area (Å²) < 4.78 is 72.2. The minimum Gasteiger partial charge on any atom is -0.170 e. The summed E-state index contributed by atoms with van der Waals surface area (Å²) in [6.07, 6.45) is -7.03. The first-order chi connectivity index (χ1) is 7.19. The predicted molar refractivity (Wildman–Crippen MR) is 48.9 cm³/mol. The molecule has 0 aliphatic heterocycles. The molecular formula is C10H14F6. The number of allylic oxidation sites excluding steroid dienone is 2. The van der Waals surface area contributed by atoms with Crippen LogP contribution < -0.4 is 0 Å². The lowest BCUT2D eigenvalue weighted by Crippen LogP contribution is -2.35. The fourth-order valence-electron chi connectivity index (χ4n) is 1.12. The Balaban J connectivity index is 4.31. The first kappa shape index (κ1) is 15.3. The highest BCUT2D eigenvalue weighted by Gasteiger charge is 2.55. The highest BCUT2D eigenvalue weighted by atomic mass is 19.4. The molecular weight excluding hydrogens is 234 g/mol. The lowest BCUT2D eigenvalue weighted by atomic mass is 10.0. The van der Waals surface area contributed by atoms with Gasteiger partial charge in [0.1, 0.15) is 0 Å². The molecule has 0 saturated carbocycles. The normalized spacial score (nSPS) is 14.0. The molecule has 16 heavy (non-hydrogen) atoms. The zero-order valence-corrected chi connectivity index (χ0v) is 8.83. The lowest BCUT2D eigenvalue weighted by Gasteiger charge is -2.21. The van der Waals surface area contributed by atoms with Gasteiger partial charge in [0.05, 0.1) is 0 Å². The van der Waals surface area contributed by atoms with Crippen molar-refractivity contribution in [2.24, 2.45) is 5.92 Å². The molecule has 0 unspecified atom stereocenters. The van der Waals surface area contributed by atoms with Gasteiger partial charge in [-0.2, -0.15) is 26.3 Å². The molecule has 0 aromatic heterocycles. The number of unbranched alkanes of at least 4 members (excludes halogenated alkanes) is 2. The first-order valence-electron chi connectivity index (χ1n) is 4.98. The topological polar surface area (TPSA) is 0 Å². The summed E-state index contributed by atoms with van der Waals surface area (Å²) in [5.41, 5.74) is 0. The van der Waals surface area contributed by atoms with Gasteiger partial charge in [-0.15, -0.1) is 0 Å². The minimum absolute atomic E-state index is 0.513. The van der Waals surface area contributed by atoms with Crippen LogP contribution >= 0.6 is 0 Å². The van der Waals surface area contributed by atoms with Crippen molar-refractivity contribution >= 4 is 0 Å². The van der Waals surface area contributed by atoms with E-state index in [1.54, 1.807) is 0 Å². The van der Waals surface area contributed by atoms with E-state index in [1.807, 2.05) is 6.92 Å². The molecule has 0 rings (SSSR count). The average Bonchev–Trinajstić information content (AvgIpc) is 2.06. The molecule has 0 nitrogen and oxygen atoms in total. The third-order valence-corrected chi connectivity index (χ3v) is 2.05. The smallest absolute Gasteiger partial charge is 0.170 e. The van der Waals surface area contributed by atoms with E-state index in [2.05, 4.69) is 0 Å². The molecule has 0 aromatic carbocycles. The van der Waals surface area contributed by atoms with Crippen molar-refractivity contribution in [2.75, 3.05) is 0 Å². The van der Waals surface area contributed by atoms with Gasteiger partial charge in [0.15, 0.2) is 5.92 Å². The maximum atomic E-state index is 12.0. The van der Waals surface area contributed by atoms with Crippen LogP contribution in [0.4, 0.5) is 26.3 Å². The number of hydrogen-bond donors (Lipinski definition) is 0. The Morgan fingerprint density at radius 1 is 0.938 bits per heavy atom. The van der Waals surface area contributed by atoms with E-state index in [4.69, 9.17) is 0 Å². The molecule has 0 fully saturated rings. The van der Waals surface area contributed by atoms with Crippen LogP contribution in [0.2, 0.25) is 0 Å². The second-order valence-electron chi connectivity index (χ2n) is 3.49. The van der Waals surface area contributed by atoms with E-state index in [-0.39, 0.29) is 0 Å². The third kappa shape index (κ3) is 6.02. The minimum atomic E-state index is -5.23. The van der Waals surface area contributed by atoms with Crippen LogP contribution in [0.3, 0.4) is 0 Å². The number of alkyl halides is 6. The summed E-state index contributed by atoms with van der Waals surface area (Å²) in [7, 11) is 0. The molecule has 0 heterocycles. The summed E-state index contributed by atoms with van der Waals surface area (Å²) in [4.78, 5) is 0. The molecule has 0 atom stereocenters. The second-order valence-corrected chi connectivity index (χ2v) is 3.49. The van der Waals surface area contributed by atoms with Crippen molar-refractivity contribution in [3.05, 3.63) is 12.2 Å². The Morgan fingerprint density at radius 3 is 1.81 bits per heavy atom. The van der Waals surface area contributed by atoms with E-state index in [9.17, 15) is 26.3 Å². The predicted octanol–water partition coefficient (Wildman–Crippen LogP) is 4.86. The number of hydrogen-bond acceptors (Lipinski definition) is 0. The molecule has 0 spiro atoms. The Bertz CT molecular complexity index is 198. The van der Waals surface area contributed by atoms with Gasteiger partial charge in [0, 0.05) is 0 Å². The largest absolute Gasteiger partial charge is 0.400 e. The van der Waals surface area contributed by atoms with Crippen LogP contribution in [0.1, 0.15) is 32.6 Å². The summed E-state index contributed by atoms with van der Waals surface area (Å²) in [5, 5.41) is 0. The monoisotopic (exact) mass is 248 g/mol. The van der Waals surface area contributed by atoms with Gasteiger partial charge in [0.25, 0.3) is 0 Å². The van der Waals surface area contributed by atoms with E-state index in [0.29, 0.717) is 6.42 Å². The van der Waals surface area contributed by atoms with Crippen LogP contribution in [0.5, 0.6) is 0 Å². The van der Waals surface area contributed by atoms with Crippen molar-refractivity contribution in [3.63, 3.8) is 0 Å². The van der Waals surface area contributed by atoms with Crippen LogP contribution in [0.15, 0.2) is 12.2 Å². The molecule has 0 aliphatic rings. The first-order valence-corrected chi connectivity index (χ1v) is 4.98. The van der Waals surface area contributed by atoms with Crippen molar-refractivity contribution < 1.29 is 26.3 Å². The maximum absolute atomic E-state index is 12.0. The van der Waals surface area contributed by atoms with Crippen LogP contribution in [-0.2, 0) is 0 Å². The van der Waals surface area contributed by atoms with Crippen molar-refractivity contribution in [3.8, 4) is 0 Å². The highest BCUT2D eigenvalue weighted by molar-refractivity contribution is 4.88. The highest BCUT2D eigenvalue weighted by Crippen LogP contribution is 2.41. The van der Waals surface area contributed by atoms with Gasteiger partial charge in [-0.25, -0.2) is 0 Å². The van der Waals surface area contributed by atoms with E-state index in [0.717, 1.165) is 18.9 Å². The lowest BCUT2D eigenvalue weighted by molar-refractivity contribution is -0.282. The number of rotatable bonds is 5. The van der Waals surface area contributed by atoms with Crippen LogP contribution in [0.25, 0.3) is 0 Å². The molecule has 0 N–H and O–H groups in total. The zero-order chi connectivity index (χ0) is 12.8. The van der Waals surface area contributed by atoms with E-state index < -0.39 is 24.7 Å². The van der Waals surface area contributed by atoms with Gasteiger partial charge in [-0.3, -0.25) is 0 Å².